The highest BCUT2D eigenvalue weighted by atomic mass is 16.5. The second-order valence-electron chi connectivity index (χ2n) is 5.79. The lowest BCUT2D eigenvalue weighted by atomic mass is 9.87. The standard InChI is InChI=1S/C16H24N2O2/c1-18(2)15-10-14(8-9-17-15)12-20-16(19)11-13-6-4-3-5-7-13/h8-10,13H,3-7,11-12H2,1-2H3. The van der Waals surface area contributed by atoms with Crippen molar-refractivity contribution >= 4 is 11.8 Å². The summed E-state index contributed by atoms with van der Waals surface area (Å²) in [7, 11) is 3.89. The van der Waals surface area contributed by atoms with Crippen molar-refractivity contribution in [2.75, 3.05) is 19.0 Å². The SMILES string of the molecule is CN(C)c1cc(COC(=O)CC2CCCCC2)ccn1. The minimum atomic E-state index is -0.0693. The number of rotatable bonds is 5. The van der Waals surface area contributed by atoms with Crippen molar-refractivity contribution in [3.05, 3.63) is 23.9 Å². The molecule has 1 aliphatic carbocycles. The summed E-state index contributed by atoms with van der Waals surface area (Å²) < 4.78 is 5.38. The molecule has 1 aromatic heterocycles. The van der Waals surface area contributed by atoms with Gasteiger partial charge in [0, 0.05) is 26.7 Å². The molecule has 4 heteroatoms. The second kappa shape index (κ2) is 7.27. The fourth-order valence-corrected chi connectivity index (χ4v) is 2.64. The maximum absolute atomic E-state index is 11.9. The van der Waals surface area contributed by atoms with Crippen LogP contribution in [-0.4, -0.2) is 25.0 Å². The maximum atomic E-state index is 11.9. The molecule has 1 aliphatic rings. The Kier molecular flexibility index (Phi) is 5.39. The van der Waals surface area contributed by atoms with Gasteiger partial charge in [0.25, 0.3) is 0 Å². The lowest BCUT2D eigenvalue weighted by Gasteiger charge is -2.20. The maximum Gasteiger partial charge on any atom is 0.306 e. The third kappa shape index (κ3) is 4.51. The zero-order valence-corrected chi connectivity index (χ0v) is 12.5. The average Bonchev–Trinajstić information content (AvgIpc) is 2.46. The number of pyridine rings is 1. The predicted molar refractivity (Wildman–Crippen MR) is 79.6 cm³/mol. The van der Waals surface area contributed by atoms with Crippen LogP contribution in [0.2, 0.25) is 0 Å². The molecule has 20 heavy (non-hydrogen) atoms. The van der Waals surface area contributed by atoms with Gasteiger partial charge < -0.3 is 9.64 Å². The Labute approximate surface area is 121 Å². The molecule has 0 amide bonds. The molecule has 110 valence electrons. The molecule has 0 saturated heterocycles. The number of hydrogen-bond acceptors (Lipinski definition) is 4. The van der Waals surface area contributed by atoms with Gasteiger partial charge >= 0.3 is 5.97 Å². The lowest BCUT2D eigenvalue weighted by Crippen LogP contribution is -2.14. The highest BCUT2D eigenvalue weighted by Gasteiger charge is 2.17. The summed E-state index contributed by atoms with van der Waals surface area (Å²) in [4.78, 5) is 18.0. The number of anilines is 1. The number of esters is 1. The number of hydrogen-bond donors (Lipinski definition) is 0. The molecule has 0 spiro atoms. The monoisotopic (exact) mass is 276 g/mol. The van der Waals surface area contributed by atoms with Crippen molar-refractivity contribution in [1.29, 1.82) is 0 Å². The highest BCUT2D eigenvalue weighted by molar-refractivity contribution is 5.69. The smallest absolute Gasteiger partial charge is 0.306 e. The van der Waals surface area contributed by atoms with Crippen LogP contribution in [0.15, 0.2) is 18.3 Å². The number of ether oxygens (including phenoxy) is 1. The van der Waals surface area contributed by atoms with Crippen LogP contribution in [0.1, 0.15) is 44.1 Å². The molecule has 0 unspecified atom stereocenters. The molecule has 0 aromatic carbocycles. The van der Waals surface area contributed by atoms with Crippen molar-refractivity contribution in [2.45, 2.75) is 45.1 Å². The molecule has 1 fully saturated rings. The van der Waals surface area contributed by atoms with E-state index in [0.717, 1.165) is 11.4 Å². The first-order chi connectivity index (χ1) is 9.65. The molecule has 4 nitrogen and oxygen atoms in total. The molecular formula is C16H24N2O2. The second-order valence-corrected chi connectivity index (χ2v) is 5.79. The summed E-state index contributed by atoms with van der Waals surface area (Å²) in [5.41, 5.74) is 0.987. The topological polar surface area (TPSA) is 42.4 Å². The fraction of sp³-hybridized carbons (Fsp3) is 0.625. The molecule has 2 rings (SSSR count). The Balaban J connectivity index is 1.79. The first-order valence-electron chi connectivity index (χ1n) is 7.43. The Hall–Kier alpha value is -1.58. The van der Waals surface area contributed by atoms with Crippen LogP contribution in [0.4, 0.5) is 5.82 Å². The van der Waals surface area contributed by atoms with E-state index < -0.39 is 0 Å². The van der Waals surface area contributed by atoms with Crippen LogP contribution in [0.3, 0.4) is 0 Å². The zero-order valence-electron chi connectivity index (χ0n) is 12.5. The van der Waals surface area contributed by atoms with Crippen LogP contribution >= 0.6 is 0 Å². The van der Waals surface area contributed by atoms with Crippen molar-refractivity contribution in [1.82, 2.24) is 4.98 Å². The molecule has 1 heterocycles. The van der Waals surface area contributed by atoms with Crippen molar-refractivity contribution in [3.8, 4) is 0 Å². The highest BCUT2D eigenvalue weighted by Crippen LogP contribution is 2.26. The minimum absolute atomic E-state index is 0.0693. The van der Waals surface area contributed by atoms with E-state index in [9.17, 15) is 4.79 Å². The molecule has 1 saturated carbocycles. The van der Waals surface area contributed by atoms with Crippen LogP contribution < -0.4 is 4.90 Å². The van der Waals surface area contributed by atoms with Gasteiger partial charge in [0.2, 0.25) is 0 Å². The van der Waals surface area contributed by atoms with Crippen LogP contribution in [0, 0.1) is 5.92 Å². The van der Waals surface area contributed by atoms with E-state index in [0.29, 0.717) is 18.9 Å². The third-order valence-corrected chi connectivity index (χ3v) is 3.85. The van der Waals surface area contributed by atoms with Gasteiger partial charge in [-0.05, 0) is 36.5 Å². The van der Waals surface area contributed by atoms with Gasteiger partial charge in [0.15, 0.2) is 0 Å². The summed E-state index contributed by atoms with van der Waals surface area (Å²) in [6.07, 6.45) is 8.51. The minimum Gasteiger partial charge on any atom is -0.461 e. The molecule has 0 radical (unpaired) electrons. The molecule has 0 N–H and O–H groups in total. The number of carbonyl (C=O) groups excluding carboxylic acids is 1. The van der Waals surface area contributed by atoms with Crippen LogP contribution in [0.25, 0.3) is 0 Å². The van der Waals surface area contributed by atoms with E-state index in [-0.39, 0.29) is 5.97 Å². The summed E-state index contributed by atoms with van der Waals surface area (Å²) >= 11 is 0. The van der Waals surface area contributed by atoms with Crippen LogP contribution in [0.5, 0.6) is 0 Å². The zero-order chi connectivity index (χ0) is 14.4. The Morgan fingerprint density at radius 2 is 2.10 bits per heavy atom. The van der Waals surface area contributed by atoms with Gasteiger partial charge in [-0.3, -0.25) is 4.79 Å². The molecule has 0 bridgehead atoms. The average molecular weight is 276 g/mol. The normalized spacial score (nSPS) is 15.9. The number of nitrogens with zero attached hydrogens (tertiary/aromatic N) is 2. The summed E-state index contributed by atoms with van der Waals surface area (Å²) in [6, 6.07) is 3.84. The van der Waals surface area contributed by atoms with E-state index in [1.807, 2.05) is 31.1 Å². The van der Waals surface area contributed by atoms with Gasteiger partial charge in [-0.1, -0.05) is 19.3 Å². The predicted octanol–water partition coefficient (Wildman–Crippen LogP) is 3.16. The van der Waals surface area contributed by atoms with E-state index in [2.05, 4.69) is 4.98 Å². The van der Waals surface area contributed by atoms with Gasteiger partial charge in [-0.15, -0.1) is 0 Å². The Bertz CT molecular complexity index is 440. The largest absolute Gasteiger partial charge is 0.461 e. The van der Waals surface area contributed by atoms with E-state index >= 15 is 0 Å². The Morgan fingerprint density at radius 3 is 2.80 bits per heavy atom. The third-order valence-electron chi connectivity index (χ3n) is 3.85. The van der Waals surface area contributed by atoms with Crippen molar-refractivity contribution in [3.63, 3.8) is 0 Å². The van der Waals surface area contributed by atoms with E-state index in [1.165, 1.54) is 32.1 Å². The van der Waals surface area contributed by atoms with Gasteiger partial charge in [0.05, 0.1) is 0 Å². The summed E-state index contributed by atoms with van der Waals surface area (Å²) in [5.74, 6) is 1.34. The number of aromatic nitrogens is 1. The molecule has 1 aromatic rings. The first kappa shape index (κ1) is 14.8. The summed E-state index contributed by atoms with van der Waals surface area (Å²) in [5, 5.41) is 0. The molecule has 0 atom stereocenters. The summed E-state index contributed by atoms with van der Waals surface area (Å²) in [6.45, 7) is 0.342. The van der Waals surface area contributed by atoms with E-state index in [4.69, 9.17) is 4.74 Å². The molecular weight excluding hydrogens is 252 g/mol. The fourth-order valence-electron chi connectivity index (χ4n) is 2.64. The van der Waals surface area contributed by atoms with Gasteiger partial charge in [-0.25, -0.2) is 4.98 Å². The lowest BCUT2D eigenvalue weighted by molar-refractivity contribution is -0.146. The van der Waals surface area contributed by atoms with Crippen molar-refractivity contribution < 1.29 is 9.53 Å². The number of carbonyl (C=O) groups is 1. The Morgan fingerprint density at radius 1 is 1.35 bits per heavy atom. The van der Waals surface area contributed by atoms with E-state index in [1.54, 1.807) is 6.20 Å². The van der Waals surface area contributed by atoms with Crippen LogP contribution in [-0.2, 0) is 16.1 Å². The van der Waals surface area contributed by atoms with Gasteiger partial charge in [-0.2, -0.15) is 0 Å². The first-order valence-corrected chi connectivity index (χ1v) is 7.43. The quantitative estimate of drug-likeness (QED) is 0.775. The van der Waals surface area contributed by atoms with Gasteiger partial charge in [0.1, 0.15) is 12.4 Å². The van der Waals surface area contributed by atoms with Crippen molar-refractivity contribution in [2.24, 2.45) is 5.92 Å². The molecule has 0 aliphatic heterocycles.